The van der Waals surface area contributed by atoms with E-state index < -0.39 is 0 Å². The van der Waals surface area contributed by atoms with E-state index in [1.54, 1.807) is 0 Å². The largest absolute Gasteiger partial charge is 0.486 e. The molecule has 7 rings (SSSR count). The highest BCUT2D eigenvalue weighted by Gasteiger charge is 2.41. The first-order chi connectivity index (χ1) is 16.7. The van der Waals surface area contributed by atoms with Crippen LogP contribution in [-0.2, 0) is 12.8 Å². The van der Waals surface area contributed by atoms with Gasteiger partial charge in [-0.2, -0.15) is 5.10 Å². The summed E-state index contributed by atoms with van der Waals surface area (Å²) in [5.41, 5.74) is 7.11. The Labute approximate surface area is 198 Å². The van der Waals surface area contributed by atoms with Crippen LogP contribution in [0.15, 0.2) is 48.8 Å². The van der Waals surface area contributed by atoms with Gasteiger partial charge in [-0.1, -0.05) is 6.07 Å². The molecule has 0 saturated carbocycles. The lowest BCUT2D eigenvalue weighted by Crippen LogP contribution is -2.41. The molecule has 7 nitrogen and oxygen atoms in total. The number of rotatable bonds is 2. The lowest BCUT2D eigenvalue weighted by molar-refractivity contribution is 0.171. The predicted octanol–water partition coefficient (Wildman–Crippen LogP) is 4.26. The Morgan fingerprint density at radius 2 is 1.79 bits per heavy atom. The van der Waals surface area contributed by atoms with E-state index >= 15 is 0 Å². The molecule has 1 fully saturated rings. The van der Waals surface area contributed by atoms with Crippen molar-refractivity contribution in [3.05, 3.63) is 65.7 Å². The molecule has 4 aromatic rings. The molecule has 7 heteroatoms. The van der Waals surface area contributed by atoms with Gasteiger partial charge in [0.05, 0.1) is 17.6 Å². The van der Waals surface area contributed by atoms with E-state index in [1.807, 2.05) is 29.0 Å². The summed E-state index contributed by atoms with van der Waals surface area (Å²) in [6.07, 6.45) is 8.38. The third-order valence-corrected chi connectivity index (χ3v) is 7.73. The number of aromatic nitrogens is 4. The normalized spacial score (nSPS) is 18.4. The van der Waals surface area contributed by atoms with Gasteiger partial charge in [0.15, 0.2) is 17.3 Å². The van der Waals surface area contributed by atoms with Gasteiger partial charge in [0.2, 0.25) is 0 Å². The zero-order valence-electron chi connectivity index (χ0n) is 19.3. The number of hydrogen-bond acceptors (Lipinski definition) is 6. The van der Waals surface area contributed by atoms with Crippen molar-refractivity contribution in [2.24, 2.45) is 5.41 Å². The van der Waals surface area contributed by atoms with E-state index in [1.165, 1.54) is 11.3 Å². The first-order valence-electron chi connectivity index (χ1n) is 12.1. The van der Waals surface area contributed by atoms with Gasteiger partial charge in [0.25, 0.3) is 0 Å². The zero-order valence-corrected chi connectivity index (χ0v) is 19.3. The van der Waals surface area contributed by atoms with Crippen LogP contribution in [0.4, 0.5) is 5.82 Å². The summed E-state index contributed by atoms with van der Waals surface area (Å²) in [6.45, 7) is 5.24. The SMILES string of the molecule is Cc1nc(N2CCC3(CC2)Cc2cccnc2C3)c2ccnn2c1-c1ccc2c(c1)OCCO2. The molecule has 0 bridgehead atoms. The van der Waals surface area contributed by atoms with Crippen molar-refractivity contribution in [3.8, 4) is 22.8 Å². The second-order valence-corrected chi connectivity index (χ2v) is 9.81. The van der Waals surface area contributed by atoms with Gasteiger partial charge in [-0.25, -0.2) is 9.50 Å². The smallest absolute Gasteiger partial charge is 0.162 e. The third kappa shape index (κ3) is 3.06. The molecule has 1 spiro atoms. The fourth-order valence-electron chi connectivity index (χ4n) is 5.99. The van der Waals surface area contributed by atoms with Gasteiger partial charge in [0.1, 0.15) is 18.7 Å². The van der Waals surface area contributed by atoms with Crippen LogP contribution in [0.3, 0.4) is 0 Å². The lowest BCUT2D eigenvalue weighted by Gasteiger charge is -2.40. The van der Waals surface area contributed by atoms with E-state index in [-0.39, 0.29) is 0 Å². The van der Waals surface area contributed by atoms with E-state index in [0.717, 1.165) is 78.6 Å². The average molecular weight is 454 g/mol. The molecule has 0 radical (unpaired) electrons. The topological polar surface area (TPSA) is 64.8 Å². The van der Waals surface area contributed by atoms with Crippen LogP contribution in [0.2, 0.25) is 0 Å². The van der Waals surface area contributed by atoms with Gasteiger partial charge in [-0.05, 0) is 73.9 Å². The quantitative estimate of drug-likeness (QED) is 0.452. The Morgan fingerprint density at radius 1 is 0.941 bits per heavy atom. The second kappa shape index (κ2) is 7.45. The minimum absolute atomic E-state index is 0.351. The number of anilines is 1. The fraction of sp³-hybridized carbons (Fsp3) is 0.370. The minimum atomic E-state index is 0.351. The summed E-state index contributed by atoms with van der Waals surface area (Å²) in [7, 11) is 0. The van der Waals surface area contributed by atoms with Crippen molar-refractivity contribution >= 4 is 11.3 Å². The fourth-order valence-corrected chi connectivity index (χ4v) is 5.99. The summed E-state index contributed by atoms with van der Waals surface area (Å²) >= 11 is 0. The number of fused-ring (bicyclic) bond motifs is 3. The van der Waals surface area contributed by atoms with Crippen molar-refractivity contribution in [2.75, 3.05) is 31.2 Å². The van der Waals surface area contributed by atoms with Crippen LogP contribution >= 0.6 is 0 Å². The Kier molecular flexibility index (Phi) is 4.34. The minimum Gasteiger partial charge on any atom is -0.486 e. The number of nitrogens with zero attached hydrogens (tertiary/aromatic N) is 5. The second-order valence-electron chi connectivity index (χ2n) is 9.81. The summed E-state index contributed by atoms with van der Waals surface area (Å²) in [4.78, 5) is 12.2. The van der Waals surface area contributed by atoms with Crippen molar-refractivity contribution < 1.29 is 9.47 Å². The highest BCUT2D eigenvalue weighted by Crippen LogP contribution is 2.45. The molecule has 1 aliphatic carbocycles. The van der Waals surface area contributed by atoms with Crippen LogP contribution in [0, 0.1) is 12.3 Å². The van der Waals surface area contributed by atoms with E-state index in [9.17, 15) is 0 Å². The van der Waals surface area contributed by atoms with Gasteiger partial charge in [-0.3, -0.25) is 4.98 Å². The highest BCUT2D eigenvalue weighted by molar-refractivity contribution is 5.76. The maximum atomic E-state index is 5.82. The summed E-state index contributed by atoms with van der Waals surface area (Å²) < 4.78 is 13.6. The zero-order chi connectivity index (χ0) is 22.7. The summed E-state index contributed by atoms with van der Waals surface area (Å²) in [6, 6.07) is 12.5. The Hall–Kier alpha value is -3.61. The van der Waals surface area contributed by atoms with E-state index in [2.05, 4.69) is 41.1 Å². The van der Waals surface area contributed by atoms with Crippen molar-refractivity contribution in [1.82, 2.24) is 19.6 Å². The lowest BCUT2D eigenvalue weighted by atomic mass is 9.76. The number of piperidine rings is 1. The molecule has 172 valence electrons. The summed E-state index contributed by atoms with van der Waals surface area (Å²) in [5.74, 6) is 2.60. The van der Waals surface area contributed by atoms with Gasteiger partial charge < -0.3 is 14.4 Å². The number of aryl methyl sites for hydroxylation is 1. The highest BCUT2D eigenvalue weighted by atomic mass is 16.6. The van der Waals surface area contributed by atoms with Crippen molar-refractivity contribution in [1.29, 1.82) is 0 Å². The monoisotopic (exact) mass is 453 g/mol. The molecule has 0 atom stereocenters. The van der Waals surface area contributed by atoms with Crippen LogP contribution in [0.5, 0.6) is 11.5 Å². The first-order valence-corrected chi connectivity index (χ1v) is 12.1. The van der Waals surface area contributed by atoms with Gasteiger partial charge >= 0.3 is 0 Å². The van der Waals surface area contributed by atoms with Gasteiger partial charge in [-0.15, -0.1) is 0 Å². The first kappa shape index (κ1) is 19.8. The molecule has 34 heavy (non-hydrogen) atoms. The number of hydrogen-bond donors (Lipinski definition) is 0. The molecule has 1 aromatic carbocycles. The molecular formula is C27H27N5O2. The molecule has 1 saturated heterocycles. The molecular weight excluding hydrogens is 426 g/mol. The summed E-state index contributed by atoms with van der Waals surface area (Å²) in [5, 5.41) is 4.69. The Balaban J connectivity index is 1.20. The number of benzene rings is 1. The van der Waals surface area contributed by atoms with Crippen LogP contribution in [0.25, 0.3) is 16.8 Å². The number of pyridine rings is 1. The molecule has 0 amide bonds. The molecule has 5 heterocycles. The van der Waals surface area contributed by atoms with E-state index in [0.29, 0.717) is 18.6 Å². The molecule has 3 aromatic heterocycles. The third-order valence-electron chi connectivity index (χ3n) is 7.73. The molecule has 0 N–H and O–H groups in total. The molecule has 3 aliphatic rings. The Bertz CT molecular complexity index is 1380. The maximum absolute atomic E-state index is 5.82. The van der Waals surface area contributed by atoms with Gasteiger partial charge in [0, 0.05) is 30.5 Å². The van der Waals surface area contributed by atoms with Crippen molar-refractivity contribution in [3.63, 3.8) is 0 Å². The van der Waals surface area contributed by atoms with Crippen LogP contribution in [0.1, 0.15) is 29.8 Å². The van der Waals surface area contributed by atoms with Crippen LogP contribution in [-0.4, -0.2) is 45.9 Å². The molecule has 0 unspecified atom stereocenters. The van der Waals surface area contributed by atoms with Crippen molar-refractivity contribution in [2.45, 2.75) is 32.6 Å². The maximum Gasteiger partial charge on any atom is 0.162 e. The molecule has 2 aliphatic heterocycles. The number of ether oxygens (including phenoxy) is 2. The standard InChI is InChI=1S/C27H27N5O2/c1-18-25(19-4-5-23-24(15-19)34-14-13-33-23)32-22(6-10-29-32)26(30-18)31-11-7-27(8-12-31)16-20-3-2-9-28-21(20)17-27/h2-6,9-10,15H,7-8,11-14,16-17H2,1H3. The van der Waals surface area contributed by atoms with Crippen LogP contribution < -0.4 is 14.4 Å². The Morgan fingerprint density at radius 3 is 2.65 bits per heavy atom. The average Bonchev–Trinajstić information content (AvgIpc) is 3.48. The predicted molar refractivity (Wildman–Crippen MR) is 130 cm³/mol. The van der Waals surface area contributed by atoms with E-state index in [4.69, 9.17) is 19.6 Å².